The summed E-state index contributed by atoms with van der Waals surface area (Å²) < 4.78 is 13.6. The standard InChI is InChI=1S/C13H15FN2/c1-13(6-2-3-7-13)16-12-5-4-10(9-15)8-11(12)14/h4-5,8,16H,2-3,6-7H2,1H3. The van der Waals surface area contributed by atoms with Crippen LogP contribution in [0.5, 0.6) is 0 Å². The summed E-state index contributed by atoms with van der Waals surface area (Å²) in [7, 11) is 0. The maximum absolute atomic E-state index is 13.6. The fourth-order valence-corrected chi connectivity index (χ4v) is 2.29. The van der Waals surface area contributed by atoms with Crippen LogP contribution >= 0.6 is 0 Å². The Hall–Kier alpha value is -1.56. The molecule has 2 nitrogen and oxygen atoms in total. The molecule has 0 amide bonds. The largest absolute Gasteiger partial charge is 0.378 e. The average molecular weight is 218 g/mol. The summed E-state index contributed by atoms with van der Waals surface area (Å²) in [4.78, 5) is 0. The molecule has 0 aromatic heterocycles. The summed E-state index contributed by atoms with van der Waals surface area (Å²) >= 11 is 0. The number of benzene rings is 1. The molecule has 0 aliphatic heterocycles. The number of hydrogen-bond acceptors (Lipinski definition) is 2. The van der Waals surface area contributed by atoms with E-state index in [1.54, 1.807) is 12.1 Å². The Balaban J connectivity index is 2.19. The van der Waals surface area contributed by atoms with Crippen molar-refractivity contribution in [2.24, 2.45) is 0 Å². The van der Waals surface area contributed by atoms with Gasteiger partial charge in [-0.25, -0.2) is 4.39 Å². The van der Waals surface area contributed by atoms with Gasteiger partial charge in [-0.3, -0.25) is 0 Å². The fourth-order valence-electron chi connectivity index (χ4n) is 2.29. The third-order valence-electron chi connectivity index (χ3n) is 3.24. The lowest BCUT2D eigenvalue weighted by molar-refractivity contribution is 0.525. The molecule has 0 atom stereocenters. The molecular formula is C13H15FN2. The van der Waals surface area contributed by atoms with Gasteiger partial charge >= 0.3 is 0 Å². The zero-order chi connectivity index (χ0) is 11.6. The van der Waals surface area contributed by atoms with E-state index in [1.807, 2.05) is 6.07 Å². The van der Waals surface area contributed by atoms with Crippen LogP contribution in [0, 0.1) is 17.1 Å². The van der Waals surface area contributed by atoms with Gasteiger partial charge in [0.15, 0.2) is 0 Å². The highest BCUT2D eigenvalue weighted by Crippen LogP contribution is 2.33. The monoisotopic (exact) mass is 218 g/mol. The van der Waals surface area contributed by atoms with E-state index < -0.39 is 0 Å². The number of nitrogens with zero attached hydrogens (tertiary/aromatic N) is 1. The summed E-state index contributed by atoms with van der Waals surface area (Å²) in [6.07, 6.45) is 4.54. The molecule has 3 heteroatoms. The third-order valence-corrected chi connectivity index (χ3v) is 3.24. The molecule has 0 spiro atoms. The van der Waals surface area contributed by atoms with Crippen LogP contribution in [0.25, 0.3) is 0 Å². The van der Waals surface area contributed by atoms with Crippen molar-refractivity contribution in [3.8, 4) is 6.07 Å². The van der Waals surface area contributed by atoms with Gasteiger partial charge in [-0.2, -0.15) is 5.26 Å². The summed E-state index contributed by atoms with van der Waals surface area (Å²) in [5.41, 5.74) is 0.873. The molecule has 1 saturated carbocycles. The molecule has 1 N–H and O–H groups in total. The predicted molar refractivity (Wildman–Crippen MR) is 61.6 cm³/mol. The van der Waals surface area contributed by atoms with Crippen molar-refractivity contribution in [3.05, 3.63) is 29.6 Å². The van der Waals surface area contributed by atoms with Gasteiger partial charge in [-0.1, -0.05) is 12.8 Å². The van der Waals surface area contributed by atoms with E-state index in [2.05, 4.69) is 12.2 Å². The van der Waals surface area contributed by atoms with E-state index in [-0.39, 0.29) is 11.4 Å². The van der Waals surface area contributed by atoms with Crippen LogP contribution in [0.2, 0.25) is 0 Å². The summed E-state index contributed by atoms with van der Waals surface area (Å²) in [5.74, 6) is -0.341. The number of anilines is 1. The fraction of sp³-hybridized carbons (Fsp3) is 0.462. The maximum Gasteiger partial charge on any atom is 0.147 e. The molecule has 1 fully saturated rings. The second kappa shape index (κ2) is 4.13. The Morgan fingerprint density at radius 2 is 2.06 bits per heavy atom. The van der Waals surface area contributed by atoms with E-state index >= 15 is 0 Å². The van der Waals surface area contributed by atoms with Crippen molar-refractivity contribution >= 4 is 5.69 Å². The quantitative estimate of drug-likeness (QED) is 0.825. The van der Waals surface area contributed by atoms with Crippen LogP contribution in [-0.2, 0) is 0 Å². The minimum Gasteiger partial charge on any atom is -0.378 e. The second-order valence-electron chi connectivity index (χ2n) is 4.70. The Kier molecular flexibility index (Phi) is 2.82. The number of hydrogen-bond donors (Lipinski definition) is 1. The van der Waals surface area contributed by atoms with Gasteiger partial charge in [0.25, 0.3) is 0 Å². The first-order chi connectivity index (χ1) is 7.63. The van der Waals surface area contributed by atoms with Gasteiger partial charge < -0.3 is 5.32 Å². The Bertz CT molecular complexity index is 428. The van der Waals surface area contributed by atoms with Crippen LogP contribution in [0.1, 0.15) is 38.2 Å². The number of rotatable bonds is 2. The van der Waals surface area contributed by atoms with Crippen molar-refractivity contribution in [1.29, 1.82) is 5.26 Å². The molecule has 1 aliphatic rings. The van der Waals surface area contributed by atoms with Crippen molar-refractivity contribution in [2.75, 3.05) is 5.32 Å². The summed E-state index contributed by atoms with van der Waals surface area (Å²) in [6, 6.07) is 6.50. The molecule has 1 aromatic rings. The molecule has 16 heavy (non-hydrogen) atoms. The highest BCUT2D eigenvalue weighted by atomic mass is 19.1. The Labute approximate surface area is 95.1 Å². The van der Waals surface area contributed by atoms with Gasteiger partial charge in [0.2, 0.25) is 0 Å². The maximum atomic E-state index is 13.6. The number of nitriles is 1. The zero-order valence-electron chi connectivity index (χ0n) is 9.39. The topological polar surface area (TPSA) is 35.8 Å². The lowest BCUT2D eigenvalue weighted by atomic mass is 10.00. The van der Waals surface area contributed by atoms with Crippen LogP contribution in [0.4, 0.5) is 10.1 Å². The third kappa shape index (κ3) is 2.16. The molecular weight excluding hydrogens is 203 g/mol. The Morgan fingerprint density at radius 3 is 2.62 bits per heavy atom. The van der Waals surface area contributed by atoms with Crippen molar-refractivity contribution in [2.45, 2.75) is 38.1 Å². The average Bonchev–Trinajstić information content (AvgIpc) is 2.68. The molecule has 0 unspecified atom stereocenters. The SMILES string of the molecule is CC1(Nc2ccc(C#N)cc2F)CCCC1. The molecule has 84 valence electrons. The van der Waals surface area contributed by atoms with Gasteiger partial charge in [-0.15, -0.1) is 0 Å². The normalized spacial score (nSPS) is 18.1. The van der Waals surface area contributed by atoms with Crippen molar-refractivity contribution in [1.82, 2.24) is 0 Å². The number of nitrogens with one attached hydrogen (secondary N) is 1. The molecule has 0 heterocycles. The molecule has 0 saturated heterocycles. The first-order valence-corrected chi connectivity index (χ1v) is 5.61. The van der Waals surface area contributed by atoms with Crippen LogP contribution in [0.3, 0.4) is 0 Å². The molecule has 1 aromatic carbocycles. The van der Waals surface area contributed by atoms with Crippen LogP contribution in [-0.4, -0.2) is 5.54 Å². The first kappa shape index (κ1) is 10.9. The lowest BCUT2D eigenvalue weighted by Gasteiger charge is -2.26. The Morgan fingerprint density at radius 1 is 1.38 bits per heavy atom. The highest BCUT2D eigenvalue weighted by Gasteiger charge is 2.28. The van der Waals surface area contributed by atoms with Gasteiger partial charge in [0.05, 0.1) is 17.3 Å². The van der Waals surface area contributed by atoms with E-state index in [0.717, 1.165) is 12.8 Å². The van der Waals surface area contributed by atoms with E-state index in [4.69, 9.17) is 5.26 Å². The minimum atomic E-state index is -0.341. The van der Waals surface area contributed by atoms with E-state index in [9.17, 15) is 4.39 Å². The number of halogens is 1. The van der Waals surface area contributed by atoms with E-state index in [1.165, 1.54) is 18.9 Å². The smallest absolute Gasteiger partial charge is 0.147 e. The van der Waals surface area contributed by atoms with Crippen molar-refractivity contribution < 1.29 is 4.39 Å². The predicted octanol–water partition coefficient (Wildman–Crippen LogP) is 3.44. The van der Waals surface area contributed by atoms with Gasteiger partial charge in [0.1, 0.15) is 5.82 Å². The van der Waals surface area contributed by atoms with Gasteiger partial charge in [-0.05, 0) is 38.0 Å². The highest BCUT2D eigenvalue weighted by molar-refractivity contribution is 5.50. The molecule has 0 radical (unpaired) electrons. The van der Waals surface area contributed by atoms with E-state index in [0.29, 0.717) is 11.3 Å². The molecule has 0 bridgehead atoms. The molecule has 2 rings (SSSR count). The second-order valence-corrected chi connectivity index (χ2v) is 4.70. The lowest BCUT2D eigenvalue weighted by Crippen LogP contribution is -2.31. The van der Waals surface area contributed by atoms with Crippen LogP contribution < -0.4 is 5.32 Å². The van der Waals surface area contributed by atoms with Crippen LogP contribution in [0.15, 0.2) is 18.2 Å². The first-order valence-electron chi connectivity index (χ1n) is 5.61. The van der Waals surface area contributed by atoms with Crippen molar-refractivity contribution in [3.63, 3.8) is 0 Å². The minimum absolute atomic E-state index is 0.00893. The zero-order valence-corrected chi connectivity index (χ0v) is 9.39. The molecule has 1 aliphatic carbocycles. The van der Waals surface area contributed by atoms with Gasteiger partial charge in [0, 0.05) is 5.54 Å². The summed E-state index contributed by atoms with van der Waals surface area (Å²) in [6.45, 7) is 2.12. The summed E-state index contributed by atoms with van der Waals surface area (Å²) in [5, 5.41) is 11.9.